The molecule has 0 aliphatic carbocycles. The summed E-state index contributed by atoms with van der Waals surface area (Å²) in [5.41, 5.74) is 0. The average Bonchev–Trinajstić information content (AvgIpc) is 2.43. The molecule has 0 unspecified atom stereocenters. The molecule has 1 heterocycles. The summed E-state index contributed by atoms with van der Waals surface area (Å²) in [6.45, 7) is 5.41. The van der Waals surface area contributed by atoms with Gasteiger partial charge in [0.15, 0.2) is 5.82 Å². The molecule has 0 saturated carbocycles. The van der Waals surface area contributed by atoms with Crippen LogP contribution in [-0.4, -0.2) is 11.1 Å². The zero-order valence-corrected chi connectivity index (χ0v) is 6.92. The van der Waals surface area contributed by atoms with Gasteiger partial charge in [-0.2, -0.15) is 0 Å². The van der Waals surface area contributed by atoms with Crippen molar-refractivity contribution in [1.29, 1.82) is 0 Å². The molecular formula is C7H12N2O2. The minimum Gasteiger partial charge on any atom is -0.363 e. The zero-order valence-electron chi connectivity index (χ0n) is 6.92. The van der Waals surface area contributed by atoms with E-state index in [9.17, 15) is 4.79 Å². The molecule has 4 nitrogen and oxygen atoms in total. The predicted octanol–water partition coefficient (Wildman–Crippen LogP) is 1.66. The van der Waals surface area contributed by atoms with Gasteiger partial charge >= 0.3 is 0 Å². The molecular weight excluding hydrogens is 144 g/mol. The van der Waals surface area contributed by atoms with E-state index in [1.165, 1.54) is 13.2 Å². The number of amides is 1. The summed E-state index contributed by atoms with van der Waals surface area (Å²) >= 11 is 0. The number of rotatable bonds is 1. The van der Waals surface area contributed by atoms with Crippen LogP contribution in [0, 0.1) is 0 Å². The van der Waals surface area contributed by atoms with Crippen LogP contribution in [0.2, 0.25) is 0 Å². The summed E-state index contributed by atoms with van der Waals surface area (Å²) in [4.78, 5) is 10.3. The molecule has 1 rings (SSSR count). The highest BCUT2D eigenvalue weighted by atomic mass is 16.5. The normalized spacial score (nSPS) is 7.91. The molecule has 4 heteroatoms. The van der Waals surface area contributed by atoms with Gasteiger partial charge in [0.25, 0.3) is 0 Å². The molecule has 0 atom stereocenters. The maximum Gasteiger partial charge on any atom is 0.222 e. The smallest absolute Gasteiger partial charge is 0.222 e. The lowest BCUT2D eigenvalue weighted by molar-refractivity contribution is -0.114. The standard InChI is InChI=1S/C5H6N2O2.C2H6/c1-4(8)6-5-2-3-9-7-5;1-2/h2-3H,1H3,(H,6,7,8);1-2H3. The summed E-state index contributed by atoms with van der Waals surface area (Å²) in [6, 6.07) is 1.57. The topological polar surface area (TPSA) is 55.1 Å². The quantitative estimate of drug-likeness (QED) is 0.672. The first kappa shape index (κ1) is 9.68. The number of carbonyl (C=O) groups is 1. The van der Waals surface area contributed by atoms with Crippen molar-refractivity contribution in [3.63, 3.8) is 0 Å². The molecule has 1 aromatic heterocycles. The van der Waals surface area contributed by atoms with E-state index in [1.54, 1.807) is 6.07 Å². The van der Waals surface area contributed by atoms with Gasteiger partial charge in [0, 0.05) is 13.0 Å². The van der Waals surface area contributed by atoms with E-state index in [0.29, 0.717) is 5.82 Å². The van der Waals surface area contributed by atoms with E-state index in [1.807, 2.05) is 13.8 Å². The molecule has 0 radical (unpaired) electrons. The van der Waals surface area contributed by atoms with E-state index in [-0.39, 0.29) is 5.91 Å². The van der Waals surface area contributed by atoms with Gasteiger partial charge in [0.1, 0.15) is 6.26 Å². The number of anilines is 1. The monoisotopic (exact) mass is 156 g/mol. The fourth-order valence-electron chi connectivity index (χ4n) is 0.457. The van der Waals surface area contributed by atoms with Crippen molar-refractivity contribution < 1.29 is 9.32 Å². The molecule has 0 fully saturated rings. The van der Waals surface area contributed by atoms with Gasteiger partial charge in [-0.25, -0.2) is 0 Å². The molecule has 62 valence electrons. The van der Waals surface area contributed by atoms with Crippen LogP contribution in [0.25, 0.3) is 0 Å². The lowest BCUT2D eigenvalue weighted by atomic mass is 10.6. The van der Waals surface area contributed by atoms with Crippen LogP contribution >= 0.6 is 0 Å². The maximum absolute atomic E-state index is 10.3. The minimum absolute atomic E-state index is 0.149. The third-order valence-corrected chi connectivity index (χ3v) is 0.742. The van der Waals surface area contributed by atoms with Crippen molar-refractivity contribution in [2.45, 2.75) is 20.8 Å². The van der Waals surface area contributed by atoms with Crippen molar-refractivity contribution in [1.82, 2.24) is 5.16 Å². The average molecular weight is 156 g/mol. The highest BCUT2D eigenvalue weighted by molar-refractivity contribution is 5.87. The second-order valence-electron chi connectivity index (χ2n) is 1.57. The lowest BCUT2D eigenvalue weighted by Crippen LogP contribution is -2.05. The van der Waals surface area contributed by atoms with E-state index in [2.05, 4.69) is 15.0 Å². The van der Waals surface area contributed by atoms with Gasteiger partial charge in [-0.1, -0.05) is 19.0 Å². The Morgan fingerprint density at radius 1 is 1.64 bits per heavy atom. The number of nitrogens with one attached hydrogen (secondary N) is 1. The highest BCUT2D eigenvalue weighted by Crippen LogP contribution is 1.99. The number of aromatic nitrogens is 1. The molecule has 0 bridgehead atoms. The SMILES string of the molecule is CC.CC(=O)Nc1ccon1. The number of nitrogens with zero attached hydrogens (tertiary/aromatic N) is 1. The van der Waals surface area contributed by atoms with Crippen LogP contribution in [-0.2, 0) is 4.79 Å². The number of carbonyl (C=O) groups excluding carboxylic acids is 1. The lowest BCUT2D eigenvalue weighted by Gasteiger charge is -1.89. The Morgan fingerprint density at radius 3 is 2.64 bits per heavy atom. The highest BCUT2D eigenvalue weighted by Gasteiger charge is 1.94. The number of hydrogen-bond acceptors (Lipinski definition) is 3. The molecule has 1 amide bonds. The Kier molecular flexibility index (Phi) is 4.81. The van der Waals surface area contributed by atoms with E-state index >= 15 is 0 Å². The Labute approximate surface area is 65.6 Å². The molecule has 1 N–H and O–H groups in total. The zero-order chi connectivity index (χ0) is 8.69. The first-order valence-electron chi connectivity index (χ1n) is 3.47. The van der Waals surface area contributed by atoms with E-state index < -0.39 is 0 Å². The molecule has 0 spiro atoms. The maximum atomic E-state index is 10.3. The Bertz CT molecular complexity index is 194. The molecule has 0 aliphatic heterocycles. The Balaban J connectivity index is 0.000000461. The summed E-state index contributed by atoms with van der Waals surface area (Å²) in [7, 11) is 0. The molecule has 0 saturated heterocycles. The van der Waals surface area contributed by atoms with Crippen LogP contribution in [0.4, 0.5) is 5.82 Å². The third-order valence-electron chi connectivity index (χ3n) is 0.742. The van der Waals surface area contributed by atoms with Gasteiger partial charge in [-0.15, -0.1) is 0 Å². The van der Waals surface area contributed by atoms with Crippen LogP contribution < -0.4 is 5.32 Å². The predicted molar refractivity (Wildman–Crippen MR) is 42.2 cm³/mol. The molecule has 0 aromatic carbocycles. The van der Waals surface area contributed by atoms with E-state index in [4.69, 9.17) is 0 Å². The van der Waals surface area contributed by atoms with Crippen LogP contribution in [0.15, 0.2) is 16.9 Å². The second kappa shape index (κ2) is 5.46. The third kappa shape index (κ3) is 4.13. The van der Waals surface area contributed by atoms with Crippen molar-refractivity contribution in [3.8, 4) is 0 Å². The fourth-order valence-corrected chi connectivity index (χ4v) is 0.457. The van der Waals surface area contributed by atoms with Gasteiger partial charge in [0.05, 0.1) is 0 Å². The van der Waals surface area contributed by atoms with Crippen LogP contribution in [0.1, 0.15) is 20.8 Å². The molecule has 1 aromatic rings. The van der Waals surface area contributed by atoms with Crippen molar-refractivity contribution in [2.24, 2.45) is 0 Å². The van der Waals surface area contributed by atoms with Gasteiger partial charge in [-0.3, -0.25) is 4.79 Å². The van der Waals surface area contributed by atoms with Crippen LogP contribution in [0.3, 0.4) is 0 Å². The fraction of sp³-hybridized carbons (Fsp3) is 0.429. The first-order valence-corrected chi connectivity index (χ1v) is 3.47. The Hall–Kier alpha value is -1.32. The van der Waals surface area contributed by atoms with Crippen molar-refractivity contribution in [2.75, 3.05) is 5.32 Å². The van der Waals surface area contributed by atoms with Crippen molar-refractivity contribution in [3.05, 3.63) is 12.3 Å². The summed E-state index contributed by atoms with van der Waals surface area (Å²) in [5, 5.41) is 5.89. The van der Waals surface area contributed by atoms with Gasteiger partial charge < -0.3 is 9.84 Å². The Morgan fingerprint density at radius 2 is 2.27 bits per heavy atom. The first-order chi connectivity index (χ1) is 5.29. The largest absolute Gasteiger partial charge is 0.363 e. The summed E-state index contributed by atoms with van der Waals surface area (Å²) < 4.78 is 4.45. The summed E-state index contributed by atoms with van der Waals surface area (Å²) in [6.07, 6.45) is 1.39. The van der Waals surface area contributed by atoms with Crippen LogP contribution in [0.5, 0.6) is 0 Å². The molecule has 11 heavy (non-hydrogen) atoms. The second-order valence-corrected chi connectivity index (χ2v) is 1.57. The molecule has 0 aliphatic rings. The van der Waals surface area contributed by atoms with E-state index in [0.717, 1.165) is 0 Å². The van der Waals surface area contributed by atoms with Gasteiger partial charge in [-0.05, 0) is 0 Å². The summed E-state index contributed by atoms with van der Waals surface area (Å²) in [5.74, 6) is 0.298. The van der Waals surface area contributed by atoms with Gasteiger partial charge in [0.2, 0.25) is 5.91 Å². The van der Waals surface area contributed by atoms with Crippen molar-refractivity contribution >= 4 is 11.7 Å². The minimum atomic E-state index is -0.149. The number of hydrogen-bond donors (Lipinski definition) is 1.